The molecule has 0 heterocycles. The van der Waals surface area contributed by atoms with Crippen LogP contribution in [-0.4, -0.2) is 15.4 Å². The molecule has 0 unspecified atom stereocenters. The molecule has 2 aromatic carbocycles. The molecule has 0 saturated heterocycles. The monoisotopic (exact) mass is 260 g/mol. The first-order chi connectivity index (χ1) is 9.11. The molecule has 0 saturated carbocycles. The van der Waals surface area contributed by atoms with Crippen molar-refractivity contribution in [1.29, 1.82) is 0 Å². The van der Waals surface area contributed by atoms with E-state index in [9.17, 15) is 15.4 Å². The van der Waals surface area contributed by atoms with E-state index in [2.05, 4.69) is 0 Å². The van der Waals surface area contributed by atoms with Crippen LogP contribution in [0.3, 0.4) is 0 Å². The lowest BCUT2D eigenvalue weighted by atomic mass is 9.97. The second-order valence-electron chi connectivity index (χ2n) is 4.13. The van der Waals surface area contributed by atoms with Gasteiger partial charge in [0.1, 0.15) is 12.2 Å². The zero-order chi connectivity index (χ0) is 13.8. The molecular formula is C14H14NO4-. The maximum Gasteiger partial charge on any atom is 0.111 e. The van der Waals surface area contributed by atoms with Gasteiger partial charge in [0.05, 0.1) is 5.69 Å². The van der Waals surface area contributed by atoms with Gasteiger partial charge in [-0.3, -0.25) is 5.21 Å². The number of para-hydroxylation sites is 1. The number of anilines is 1. The zero-order valence-corrected chi connectivity index (χ0v) is 10.0. The van der Waals surface area contributed by atoms with Gasteiger partial charge in [-0.2, -0.15) is 0 Å². The molecule has 0 aliphatic rings. The Bertz CT molecular complexity index is 530. The predicted molar refractivity (Wildman–Crippen MR) is 70.4 cm³/mol. The molecule has 0 spiro atoms. The van der Waals surface area contributed by atoms with Crippen LogP contribution in [0.4, 0.5) is 5.69 Å². The minimum atomic E-state index is -1.30. The van der Waals surface area contributed by atoms with Gasteiger partial charge in [-0.05, 0) is 11.6 Å². The van der Waals surface area contributed by atoms with Crippen LogP contribution in [0.2, 0.25) is 0 Å². The molecule has 2 aromatic rings. The number of benzene rings is 2. The van der Waals surface area contributed by atoms with E-state index in [1.54, 1.807) is 42.5 Å². The average molecular weight is 260 g/mol. The number of hydrogen-bond donors (Lipinski definition) is 3. The highest BCUT2D eigenvalue weighted by atomic mass is 16.8. The molecule has 2 rings (SSSR count). The second-order valence-corrected chi connectivity index (χ2v) is 4.13. The van der Waals surface area contributed by atoms with Crippen molar-refractivity contribution in [3.63, 3.8) is 0 Å². The predicted octanol–water partition coefficient (Wildman–Crippen LogP) is 2.15. The Morgan fingerprint density at radius 2 is 1.42 bits per heavy atom. The van der Waals surface area contributed by atoms with Crippen LogP contribution in [-0.2, 0) is 0 Å². The minimum Gasteiger partial charge on any atom is -0.733 e. The molecule has 19 heavy (non-hydrogen) atoms. The van der Waals surface area contributed by atoms with E-state index in [-0.39, 0.29) is 16.5 Å². The summed E-state index contributed by atoms with van der Waals surface area (Å²) >= 11 is 0. The number of aliphatic hydroxyl groups is 2. The summed E-state index contributed by atoms with van der Waals surface area (Å²) < 4.78 is 0. The van der Waals surface area contributed by atoms with Crippen molar-refractivity contribution in [2.24, 2.45) is 0 Å². The number of nitrogens with zero attached hydrogens (tertiary/aromatic N) is 1. The van der Waals surface area contributed by atoms with Crippen molar-refractivity contribution in [2.45, 2.75) is 12.2 Å². The van der Waals surface area contributed by atoms with E-state index in [1.165, 1.54) is 12.1 Å². The van der Waals surface area contributed by atoms with Crippen LogP contribution < -0.4 is 5.23 Å². The first kappa shape index (κ1) is 13.5. The van der Waals surface area contributed by atoms with E-state index in [0.717, 1.165) is 0 Å². The molecule has 5 heteroatoms. The van der Waals surface area contributed by atoms with Gasteiger partial charge < -0.3 is 20.6 Å². The highest BCUT2D eigenvalue weighted by molar-refractivity contribution is 5.53. The van der Waals surface area contributed by atoms with Gasteiger partial charge in [-0.25, -0.2) is 0 Å². The van der Waals surface area contributed by atoms with Gasteiger partial charge in [-0.1, -0.05) is 48.5 Å². The summed E-state index contributed by atoms with van der Waals surface area (Å²) in [5.41, 5.74) is 0.599. The molecule has 0 aromatic heterocycles. The van der Waals surface area contributed by atoms with E-state index < -0.39 is 12.2 Å². The van der Waals surface area contributed by atoms with Gasteiger partial charge in [0.15, 0.2) is 0 Å². The maximum absolute atomic E-state index is 11.0. The smallest absolute Gasteiger partial charge is 0.111 e. The van der Waals surface area contributed by atoms with Gasteiger partial charge >= 0.3 is 0 Å². The first-order valence-electron chi connectivity index (χ1n) is 5.77. The van der Waals surface area contributed by atoms with Crippen LogP contribution in [0, 0.1) is 5.21 Å². The summed E-state index contributed by atoms with van der Waals surface area (Å²) in [5, 5.41) is 39.9. The molecule has 3 N–H and O–H groups in total. The quantitative estimate of drug-likeness (QED) is 0.733. The molecule has 2 atom stereocenters. The van der Waals surface area contributed by atoms with Crippen LogP contribution in [0.1, 0.15) is 23.3 Å². The summed E-state index contributed by atoms with van der Waals surface area (Å²) in [4.78, 5) is 0. The van der Waals surface area contributed by atoms with Crippen molar-refractivity contribution in [3.8, 4) is 0 Å². The molecule has 0 aliphatic carbocycles. The van der Waals surface area contributed by atoms with Crippen molar-refractivity contribution in [1.82, 2.24) is 0 Å². The third-order valence-corrected chi connectivity index (χ3v) is 2.90. The van der Waals surface area contributed by atoms with Gasteiger partial charge in [0.25, 0.3) is 0 Å². The standard InChI is InChI=1S/C14H14NO4/c16-13(10-6-2-1-3-7-10)14(17)11-8-4-5-9-12(11)15(18)19/h1-9,13-14,16-18H/q-1/t13-,14+/m1/s1. The molecule has 0 aliphatic heterocycles. The van der Waals surface area contributed by atoms with Crippen molar-refractivity contribution >= 4 is 5.69 Å². The van der Waals surface area contributed by atoms with Crippen LogP contribution >= 0.6 is 0 Å². The Kier molecular flexibility index (Phi) is 4.13. The molecule has 0 bridgehead atoms. The molecule has 100 valence electrons. The maximum atomic E-state index is 11.0. The number of rotatable bonds is 4. The molecule has 5 nitrogen and oxygen atoms in total. The van der Waals surface area contributed by atoms with Crippen molar-refractivity contribution in [3.05, 3.63) is 70.9 Å². The third-order valence-electron chi connectivity index (χ3n) is 2.90. The highest BCUT2D eigenvalue weighted by Gasteiger charge is 2.22. The Morgan fingerprint density at radius 1 is 0.842 bits per heavy atom. The largest absolute Gasteiger partial charge is 0.733 e. The molecular weight excluding hydrogens is 246 g/mol. The van der Waals surface area contributed by atoms with Gasteiger partial charge in [-0.15, -0.1) is 0 Å². The van der Waals surface area contributed by atoms with E-state index >= 15 is 0 Å². The Hall–Kier alpha value is -1.92. The molecule has 0 radical (unpaired) electrons. The first-order valence-corrected chi connectivity index (χ1v) is 5.77. The van der Waals surface area contributed by atoms with E-state index in [1.807, 2.05) is 0 Å². The third kappa shape index (κ3) is 2.91. The topological polar surface area (TPSA) is 87.0 Å². The van der Waals surface area contributed by atoms with Gasteiger partial charge in [0, 0.05) is 5.56 Å². The fourth-order valence-electron chi connectivity index (χ4n) is 1.91. The van der Waals surface area contributed by atoms with Crippen LogP contribution in [0.15, 0.2) is 54.6 Å². The van der Waals surface area contributed by atoms with Crippen molar-refractivity contribution < 1.29 is 15.4 Å². The lowest BCUT2D eigenvalue weighted by Gasteiger charge is -2.28. The lowest BCUT2D eigenvalue weighted by molar-refractivity contribution is 0.0171. The second kappa shape index (κ2) is 5.81. The van der Waals surface area contributed by atoms with Gasteiger partial charge in [0.2, 0.25) is 0 Å². The normalized spacial score (nSPS) is 13.9. The molecule has 0 fully saturated rings. The van der Waals surface area contributed by atoms with Crippen molar-refractivity contribution in [2.75, 3.05) is 5.23 Å². The fourth-order valence-corrected chi connectivity index (χ4v) is 1.91. The minimum absolute atomic E-state index is 0.0926. The SMILES string of the molecule is [O-]N(O)c1ccccc1[C@H](O)[C@H](O)c1ccccc1. The average Bonchev–Trinajstić information content (AvgIpc) is 2.46. The van der Waals surface area contributed by atoms with E-state index in [4.69, 9.17) is 5.21 Å². The highest BCUT2D eigenvalue weighted by Crippen LogP contribution is 2.33. The summed E-state index contributed by atoms with van der Waals surface area (Å²) in [5.74, 6) is 0. The summed E-state index contributed by atoms with van der Waals surface area (Å²) in [6, 6.07) is 14.6. The number of hydrogen-bond acceptors (Lipinski definition) is 5. The van der Waals surface area contributed by atoms with Crippen LogP contribution in [0.25, 0.3) is 0 Å². The van der Waals surface area contributed by atoms with E-state index in [0.29, 0.717) is 5.56 Å². The summed E-state index contributed by atoms with van der Waals surface area (Å²) in [6.45, 7) is 0. The summed E-state index contributed by atoms with van der Waals surface area (Å²) in [7, 11) is 0. The Morgan fingerprint density at radius 3 is 2.05 bits per heavy atom. The lowest BCUT2D eigenvalue weighted by Crippen LogP contribution is -2.16. The summed E-state index contributed by atoms with van der Waals surface area (Å²) in [6.07, 6.45) is -2.48. The number of aliphatic hydroxyl groups excluding tert-OH is 2. The fraction of sp³-hybridized carbons (Fsp3) is 0.143. The van der Waals surface area contributed by atoms with Crippen LogP contribution in [0.5, 0.6) is 0 Å². The molecule has 0 amide bonds. The zero-order valence-electron chi connectivity index (χ0n) is 10.0. The Balaban J connectivity index is 2.32. The Labute approximate surface area is 110 Å².